The van der Waals surface area contributed by atoms with Gasteiger partial charge in [0.15, 0.2) is 0 Å². The number of carbonyl (C=O) groups excluding carboxylic acids is 1. The van der Waals surface area contributed by atoms with Crippen LogP contribution in [0.25, 0.3) is 21.7 Å². The van der Waals surface area contributed by atoms with Crippen LogP contribution in [-0.2, 0) is 30.7 Å². The molecule has 2 N–H and O–H groups in total. The average Bonchev–Trinajstić information content (AvgIpc) is 1.70. The number of aryl methyl sites for hydroxylation is 1. The molecule has 6 aliphatic heterocycles. The highest BCUT2D eigenvalue weighted by atomic mass is 35.5. The molecule has 12 rings (SSSR count). The van der Waals surface area contributed by atoms with Gasteiger partial charge in [-0.1, -0.05) is 43.0 Å². The zero-order valence-corrected chi connectivity index (χ0v) is 49.0. The maximum absolute atomic E-state index is 14.0. The van der Waals surface area contributed by atoms with E-state index in [0.29, 0.717) is 109 Å². The molecule has 6 aromatic rings. The summed E-state index contributed by atoms with van der Waals surface area (Å²) in [5, 5.41) is 32.0. The van der Waals surface area contributed by atoms with E-state index in [1.54, 1.807) is 0 Å². The third-order valence-electron chi connectivity index (χ3n) is 18.5. The lowest BCUT2D eigenvalue weighted by Gasteiger charge is -2.43. The first kappa shape index (κ1) is 57.2. The number of aliphatic hydroxyl groups excluding tert-OH is 1. The Morgan fingerprint density at radius 3 is 2.30 bits per heavy atom. The first-order valence-corrected chi connectivity index (χ1v) is 29.9. The van der Waals surface area contributed by atoms with E-state index >= 15 is 0 Å². The molecule has 1 amide bonds. The van der Waals surface area contributed by atoms with Crippen LogP contribution in [0, 0.1) is 25.2 Å². The van der Waals surface area contributed by atoms with E-state index in [2.05, 4.69) is 99.1 Å². The normalized spacial score (nSPS) is 21.8. The van der Waals surface area contributed by atoms with Gasteiger partial charge in [-0.25, -0.2) is 8.78 Å². The predicted octanol–water partition coefficient (Wildman–Crippen LogP) is 7.41. The van der Waals surface area contributed by atoms with Crippen LogP contribution in [0.15, 0.2) is 67.9 Å². The van der Waals surface area contributed by atoms with Crippen LogP contribution in [-0.4, -0.2) is 190 Å². The summed E-state index contributed by atoms with van der Waals surface area (Å²) in [5.41, 5.74) is 10.7. The van der Waals surface area contributed by atoms with Crippen LogP contribution >= 0.6 is 11.6 Å². The number of likely N-dealkylation sites (tertiary alicyclic amines) is 2. The molecule has 3 aromatic heterocycles. The number of hydrogen-bond donors (Lipinski definition) is 2. The SMILES string of the molecule is C=CC(=O)N1CCN(c2nc(OC[C@@H]3CC(c4ccc(N5CCc6c(nc(OCCN7CCC(F)(F)CC7)nc6N6CCN(C(O)C=C)[C@@H](CC#N)C6)C5)c5c(Cl)cccc45)CN3C)nc3c2CCN(c2c(C)c(C)cc4[nH]ncc24)C3)CC1. The van der Waals surface area contributed by atoms with Crippen molar-refractivity contribution in [1.82, 2.24) is 49.7 Å². The first-order valence-electron chi connectivity index (χ1n) is 29.5. The Hall–Kier alpha value is -7.22. The van der Waals surface area contributed by atoms with Crippen molar-refractivity contribution in [2.75, 3.05) is 125 Å². The Labute approximate surface area is 494 Å². The van der Waals surface area contributed by atoms with E-state index < -0.39 is 12.2 Å². The molecule has 442 valence electrons. The predicted molar refractivity (Wildman–Crippen MR) is 322 cm³/mol. The molecule has 84 heavy (non-hydrogen) atoms. The molecule has 4 fully saturated rings. The Morgan fingerprint density at radius 1 is 0.869 bits per heavy atom. The number of anilines is 4. The number of hydrogen-bond acceptors (Lipinski definition) is 17. The van der Waals surface area contributed by atoms with Crippen molar-refractivity contribution in [1.29, 1.82) is 5.26 Å². The van der Waals surface area contributed by atoms with Crippen LogP contribution in [0.4, 0.5) is 31.8 Å². The maximum atomic E-state index is 14.0. The highest BCUT2D eigenvalue weighted by molar-refractivity contribution is 6.36. The standard InChI is InChI=1S/C62H74ClF2N15O4/c1-6-54(81)75-23-25-76(26-24-75)58-46-15-20-78(57-40(4)39(3)31-50-48(57)33-67-72-50)37-52(46)69-61(70-58)84-38-43-32-41(34-73(43)5)44-11-12-53(56-45(44)9-8-10-49(56)63)77-19-14-47-51(36-77)68-60(83-30-29-74-21-16-62(64,65)17-22-74)71-59(47)79-27-28-80(55(82)7-2)42(35-79)13-18-66/h6-12,31,33,41-43,55,82H,1-2,13-17,19-30,32,34-38H2,3-5H3,(H,67,72)/t41?,42-,43-,55?/m0/s1. The molecule has 9 heterocycles. The van der Waals surface area contributed by atoms with E-state index in [9.17, 15) is 23.9 Å². The Bertz CT molecular complexity index is 3510. The van der Waals surface area contributed by atoms with Crippen molar-refractivity contribution in [2.24, 2.45) is 0 Å². The second-order valence-corrected chi connectivity index (χ2v) is 23.8. The van der Waals surface area contributed by atoms with Crippen LogP contribution in [0.3, 0.4) is 0 Å². The largest absolute Gasteiger partial charge is 0.462 e. The molecule has 0 saturated carbocycles. The lowest BCUT2D eigenvalue weighted by Crippen LogP contribution is -2.56. The molecule has 19 nitrogen and oxygen atoms in total. The number of halogens is 3. The summed E-state index contributed by atoms with van der Waals surface area (Å²) < 4.78 is 41.0. The first-order chi connectivity index (χ1) is 40.7. The van der Waals surface area contributed by atoms with E-state index in [-0.39, 0.29) is 55.8 Å². The number of fused-ring (bicyclic) bond motifs is 4. The fourth-order valence-corrected chi connectivity index (χ4v) is 13.9. The number of aliphatic hydroxyl groups is 1. The number of H-pyrrole nitrogens is 1. The van der Waals surface area contributed by atoms with Crippen LogP contribution in [0.5, 0.6) is 12.0 Å². The molecule has 22 heteroatoms. The van der Waals surface area contributed by atoms with Gasteiger partial charge in [0.1, 0.15) is 31.1 Å². The minimum atomic E-state index is -2.64. The molecule has 4 saturated heterocycles. The fraction of sp³-hybridized carbons (Fsp3) is 0.500. The van der Waals surface area contributed by atoms with Crippen LogP contribution < -0.4 is 29.1 Å². The Balaban J connectivity index is 0.786. The van der Waals surface area contributed by atoms with Gasteiger partial charge in [-0.05, 0) is 98.5 Å². The van der Waals surface area contributed by atoms with Gasteiger partial charge in [0.2, 0.25) is 5.91 Å². The number of nitrogens with zero attached hydrogens (tertiary/aromatic N) is 14. The molecule has 0 bridgehead atoms. The molecular weight excluding hydrogens is 1090 g/mol. The van der Waals surface area contributed by atoms with E-state index in [1.165, 1.54) is 28.8 Å². The number of amides is 1. The van der Waals surface area contributed by atoms with E-state index in [0.717, 1.165) is 93.1 Å². The second-order valence-electron chi connectivity index (χ2n) is 23.4. The molecule has 3 aromatic carbocycles. The molecular formula is C62H74ClF2N15O4. The summed E-state index contributed by atoms with van der Waals surface area (Å²) in [5.74, 6) is -0.902. The quantitative estimate of drug-likeness (QED) is 0.0720. The molecule has 0 spiro atoms. The third kappa shape index (κ3) is 11.4. The summed E-state index contributed by atoms with van der Waals surface area (Å²) in [6.45, 7) is 20.8. The average molecular weight is 1170 g/mol. The highest BCUT2D eigenvalue weighted by Crippen LogP contribution is 2.44. The number of aromatic amines is 1. The number of nitrogens with one attached hydrogen (secondary N) is 1. The number of rotatable bonds is 16. The highest BCUT2D eigenvalue weighted by Gasteiger charge is 2.38. The second kappa shape index (κ2) is 24.0. The number of benzene rings is 3. The van der Waals surface area contributed by atoms with Crippen molar-refractivity contribution in [3.63, 3.8) is 0 Å². The molecule has 2 unspecified atom stereocenters. The number of aromatic nitrogens is 6. The van der Waals surface area contributed by atoms with Crippen LogP contribution in [0.2, 0.25) is 5.02 Å². The smallest absolute Gasteiger partial charge is 0.318 e. The number of piperidine rings is 1. The van der Waals surface area contributed by atoms with Gasteiger partial charge in [0.25, 0.3) is 5.92 Å². The topological polar surface area (TPSA) is 186 Å². The number of carbonyl (C=O) groups is 1. The van der Waals surface area contributed by atoms with Crippen LogP contribution in [0.1, 0.15) is 70.8 Å². The van der Waals surface area contributed by atoms with Gasteiger partial charge in [0.05, 0.1) is 59.4 Å². The van der Waals surface area contributed by atoms with Crippen molar-refractivity contribution in [3.05, 3.63) is 112 Å². The number of ether oxygens (including phenoxy) is 2. The zero-order valence-electron chi connectivity index (χ0n) is 48.3. The lowest BCUT2D eigenvalue weighted by atomic mass is 9.90. The van der Waals surface area contributed by atoms with Gasteiger partial charge in [0, 0.05) is 138 Å². The summed E-state index contributed by atoms with van der Waals surface area (Å²) in [6, 6.07) is 15.4. The number of likely N-dealkylation sites (N-methyl/N-ethyl adjacent to an activating group) is 1. The van der Waals surface area contributed by atoms with E-state index in [4.69, 9.17) is 41.0 Å². The summed E-state index contributed by atoms with van der Waals surface area (Å²) in [4.78, 5) is 50.3. The summed E-state index contributed by atoms with van der Waals surface area (Å²) in [7, 11) is 2.15. The van der Waals surface area contributed by atoms with Gasteiger partial charge in [-0.2, -0.15) is 30.3 Å². The summed E-state index contributed by atoms with van der Waals surface area (Å²) in [6.07, 6.45) is 6.01. The van der Waals surface area contributed by atoms with Crippen molar-refractivity contribution in [3.8, 4) is 18.1 Å². The maximum Gasteiger partial charge on any atom is 0.318 e. The zero-order chi connectivity index (χ0) is 58.4. The fourth-order valence-electron chi connectivity index (χ4n) is 13.7. The molecule has 6 aliphatic rings. The summed E-state index contributed by atoms with van der Waals surface area (Å²) >= 11 is 7.28. The minimum absolute atomic E-state index is 0.0624. The Kier molecular flexibility index (Phi) is 16.4. The Morgan fingerprint density at radius 2 is 1.57 bits per heavy atom. The minimum Gasteiger partial charge on any atom is -0.462 e. The van der Waals surface area contributed by atoms with Gasteiger partial charge in [-0.15, -0.1) is 0 Å². The number of nitriles is 1. The van der Waals surface area contributed by atoms with Crippen molar-refractivity contribution < 1.29 is 28.2 Å². The van der Waals surface area contributed by atoms with Gasteiger partial charge >= 0.3 is 12.0 Å². The van der Waals surface area contributed by atoms with E-state index in [1.807, 2.05) is 33.0 Å². The van der Waals surface area contributed by atoms with Crippen molar-refractivity contribution in [2.45, 2.75) is 95.6 Å². The number of alkyl halides is 2. The van der Waals surface area contributed by atoms with Crippen molar-refractivity contribution >= 4 is 62.2 Å². The number of piperazine rings is 2. The molecule has 0 aliphatic carbocycles. The van der Waals surface area contributed by atoms with Gasteiger partial charge < -0.3 is 39.1 Å². The third-order valence-corrected chi connectivity index (χ3v) is 18.8. The molecule has 4 atom stereocenters. The van der Waals surface area contributed by atoms with Gasteiger partial charge in [-0.3, -0.25) is 24.6 Å². The molecule has 0 radical (unpaired) electrons. The lowest BCUT2D eigenvalue weighted by molar-refractivity contribution is -0.126. The monoisotopic (exact) mass is 1170 g/mol.